The second-order valence-electron chi connectivity index (χ2n) is 5.08. The summed E-state index contributed by atoms with van der Waals surface area (Å²) in [6.45, 7) is 0. The first-order chi connectivity index (χ1) is 10.0. The van der Waals surface area contributed by atoms with Crippen LogP contribution in [0.1, 0.15) is 17.0 Å². The minimum atomic E-state index is -0.594. The van der Waals surface area contributed by atoms with E-state index in [2.05, 4.69) is 6.07 Å². The topological polar surface area (TPSA) is 27.0 Å². The number of anilines is 1. The molecule has 21 heavy (non-hydrogen) atoms. The molecule has 2 nitrogen and oxygen atoms in total. The highest BCUT2D eigenvalue weighted by atomic mass is 35.5. The van der Waals surface area contributed by atoms with Crippen molar-refractivity contribution < 1.29 is 4.39 Å². The van der Waals surface area contributed by atoms with Crippen LogP contribution in [0.4, 0.5) is 10.1 Å². The maximum absolute atomic E-state index is 13.9. The van der Waals surface area contributed by atoms with Crippen molar-refractivity contribution in [3.63, 3.8) is 0 Å². The van der Waals surface area contributed by atoms with Gasteiger partial charge in [-0.15, -0.1) is 0 Å². The number of hydrogen-bond donors (Lipinski definition) is 0. The van der Waals surface area contributed by atoms with Crippen LogP contribution in [0, 0.1) is 17.1 Å². The van der Waals surface area contributed by atoms with Gasteiger partial charge in [-0.3, -0.25) is 0 Å². The van der Waals surface area contributed by atoms with Gasteiger partial charge in [-0.25, -0.2) is 4.39 Å². The second kappa shape index (κ2) is 6.60. The Morgan fingerprint density at radius 2 is 1.86 bits per heavy atom. The number of hydrogen-bond acceptors (Lipinski definition) is 2. The number of halogens is 2. The minimum absolute atomic E-state index is 0.276. The molecule has 0 spiro atoms. The van der Waals surface area contributed by atoms with E-state index in [1.165, 1.54) is 6.07 Å². The fourth-order valence-corrected chi connectivity index (χ4v) is 2.52. The number of rotatable bonds is 4. The minimum Gasteiger partial charge on any atom is -0.378 e. The lowest BCUT2D eigenvalue weighted by molar-refractivity contribution is 0.600. The molecule has 0 aliphatic heterocycles. The zero-order chi connectivity index (χ0) is 15.4. The van der Waals surface area contributed by atoms with Crippen LogP contribution in [-0.2, 0) is 6.42 Å². The van der Waals surface area contributed by atoms with Gasteiger partial charge in [0.2, 0.25) is 0 Å². The Hall–Kier alpha value is -2.05. The van der Waals surface area contributed by atoms with Gasteiger partial charge in [-0.05, 0) is 36.2 Å². The highest BCUT2D eigenvalue weighted by molar-refractivity contribution is 6.31. The maximum atomic E-state index is 13.9. The standard InChI is InChI=1S/C17H16ClFN2/c1-21(2)14-8-6-12(7-9-14)10-13(11-20)17-15(18)4-3-5-16(17)19/h3-9,13H,10H2,1-2H3. The van der Waals surface area contributed by atoms with Gasteiger partial charge in [0, 0.05) is 30.4 Å². The van der Waals surface area contributed by atoms with Gasteiger partial charge >= 0.3 is 0 Å². The van der Waals surface area contributed by atoms with Crippen molar-refractivity contribution in [2.45, 2.75) is 12.3 Å². The molecule has 0 amide bonds. The summed E-state index contributed by atoms with van der Waals surface area (Å²) in [6, 6.07) is 14.5. The van der Waals surface area contributed by atoms with Crippen LogP contribution in [0.5, 0.6) is 0 Å². The molecule has 0 heterocycles. The zero-order valence-corrected chi connectivity index (χ0v) is 12.7. The quantitative estimate of drug-likeness (QED) is 0.837. The Kier molecular flexibility index (Phi) is 4.82. The molecule has 0 bridgehead atoms. The average molecular weight is 303 g/mol. The smallest absolute Gasteiger partial charge is 0.129 e. The second-order valence-corrected chi connectivity index (χ2v) is 5.49. The largest absolute Gasteiger partial charge is 0.378 e. The molecule has 0 radical (unpaired) electrons. The van der Waals surface area contributed by atoms with E-state index in [0.29, 0.717) is 11.4 Å². The van der Waals surface area contributed by atoms with Gasteiger partial charge in [0.25, 0.3) is 0 Å². The average Bonchev–Trinajstić information content (AvgIpc) is 2.46. The van der Waals surface area contributed by atoms with E-state index < -0.39 is 11.7 Å². The summed E-state index contributed by atoms with van der Waals surface area (Å²) in [5.41, 5.74) is 2.33. The highest BCUT2D eigenvalue weighted by Gasteiger charge is 2.19. The predicted molar refractivity (Wildman–Crippen MR) is 84.2 cm³/mol. The molecule has 1 unspecified atom stereocenters. The van der Waals surface area contributed by atoms with Crippen LogP contribution >= 0.6 is 11.6 Å². The van der Waals surface area contributed by atoms with Crippen molar-refractivity contribution in [1.82, 2.24) is 0 Å². The van der Waals surface area contributed by atoms with E-state index in [0.717, 1.165) is 11.3 Å². The summed E-state index contributed by atoms with van der Waals surface area (Å²) < 4.78 is 13.9. The van der Waals surface area contributed by atoms with Gasteiger partial charge in [-0.1, -0.05) is 29.8 Å². The maximum Gasteiger partial charge on any atom is 0.129 e. The number of benzene rings is 2. The van der Waals surface area contributed by atoms with E-state index >= 15 is 0 Å². The van der Waals surface area contributed by atoms with Crippen molar-refractivity contribution in [1.29, 1.82) is 5.26 Å². The molecular formula is C17H16ClFN2. The van der Waals surface area contributed by atoms with E-state index in [1.54, 1.807) is 12.1 Å². The predicted octanol–water partition coefficient (Wildman–Crippen LogP) is 4.39. The SMILES string of the molecule is CN(C)c1ccc(CC(C#N)c2c(F)cccc2Cl)cc1. The van der Waals surface area contributed by atoms with Crippen LogP contribution in [0.2, 0.25) is 5.02 Å². The summed E-state index contributed by atoms with van der Waals surface area (Å²) in [7, 11) is 3.93. The van der Waals surface area contributed by atoms with Gasteiger partial charge < -0.3 is 4.90 Å². The van der Waals surface area contributed by atoms with Gasteiger partial charge in [0.05, 0.1) is 12.0 Å². The first-order valence-corrected chi connectivity index (χ1v) is 7.00. The summed E-state index contributed by atoms with van der Waals surface area (Å²) in [6.07, 6.45) is 0.435. The van der Waals surface area contributed by atoms with Crippen LogP contribution < -0.4 is 4.90 Å². The lowest BCUT2D eigenvalue weighted by Gasteiger charge is -2.15. The number of nitriles is 1. The van der Waals surface area contributed by atoms with Gasteiger partial charge in [0.1, 0.15) is 5.82 Å². The normalized spacial score (nSPS) is 11.8. The third-order valence-corrected chi connectivity index (χ3v) is 3.73. The van der Waals surface area contributed by atoms with Crippen LogP contribution in [0.25, 0.3) is 0 Å². The van der Waals surface area contributed by atoms with Crippen LogP contribution in [-0.4, -0.2) is 14.1 Å². The molecule has 2 aromatic rings. The molecule has 2 rings (SSSR count). The molecule has 0 N–H and O–H groups in total. The Balaban J connectivity index is 2.26. The highest BCUT2D eigenvalue weighted by Crippen LogP contribution is 2.30. The van der Waals surface area contributed by atoms with Crippen molar-refractivity contribution in [2.75, 3.05) is 19.0 Å². The third-order valence-electron chi connectivity index (χ3n) is 3.40. The molecule has 0 aliphatic carbocycles. The summed E-state index contributed by atoms with van der Waals surface area (Å²) in [5.74, 6) is -1.03. The monoisotopic (exact) mass is 302 g/mol. The molecule has 4 heteroatoms. The van der Waals surface area contributed by atoms with E-state index in [4.69, 9.17) is 11.6 Å². The molecule has 0 fully saturated rings. The van der Waals surface area contributed by atoms with Gasteiger partial charge in [-0.2, -0.15) is 5.26 Å². The molecule has 1 atom stereocenters. The molecular weight excluding hydrogens is 287 g/mol. The van der Waals surface area contributed by atoms with Crippen LogP contribution in [0.3, 0.4) is 0 Å². The Morgan fingerprint density at radius 3 is 2.38 bits per heavy atom. The molecule has 0 aliphatic rings. The lowest BCUT2D eigenvalue weighted by Crippen LogP contribution is -2.09. The Morgan fingerprint density at radius 1 is 1.19 bits per heavy atom. The molecule has 108 valence electrons. The fraction of sp³-hybridized carbons (Fsp3) is 0.235. The first kappa shape index (κ1) is 15.3. The zero-order valence-electron chi connectivity index (χ0n) is 12.0. The first-order valence-electron chi connectivity index (χ1n) is 6.62. The van der Waals surface area contributed by atoms with Crippen molar-refractivity contribution in [3.05, 3.63) is 64.4 Å². The molecule has 0 aromatic heterocycles. The summed E-state index contributed by atoms with van der Waals surface area (Å²) in [5, 5.41) is 9.65. The van der Waals surface area contributed by atoms with Crippen molar-refractivity contribution in [3.8, 4) is 6.07 Å². The van der Waals surface area contributed by atoms with E-state index in [-0.39, 0.29) is 5.56 Å². The van der Waals surface area contributed by atoms with Gasteiger partial charge in [0.15, 0.2) is 0 Å². The third kappa shape index (κ3) is 3.53. The Bertz CT molecular complexity index is 639. The lowest BCUT2D eigenvalue weighted by atomic mass is 9.92. The van der Waals surface area contributed by atoms with Crippen molar-refractivity contribution in [2.24, 2.45) is 0 Å². The van der Waals surface area contributed by atoms with E-state index in [9.17, 15) is 9.65 Å². The summed E-state index contributed by atoms with van der Waals surface area (Å²) in [4.78, 5) is 2.00. The van der Waals surface area contributed by atoms with E-state index in [1.807, 2.05) is 43.3 Å². The number of nitrogens with zero attached hydrogens (tertiary/aromatic N) is 2. The molecule has 0 saturated carbocycles. The molecule has 2 aromatic carbocycles. The Labute approximate surface area is 129 Å². The van der Waals surface area contributed by atoms with Crippen LogP contribution in [0.15, 0.2) is 42.5 Å². The molecule has 0 saturated heterocycles. The van der Waals surface area contributed by atoms with Crippen molar-refractivity contribution >= 4 is 17.3 Å². The summed E-state index contributed by atoms with van der Waals surface area (Å²) >= 11 is 6.04. The fourth-order valence-electron chi connectivity index (χ4n) is 2.22.